The molecule has 1 heterocycles. The summed E-state index contributed by atoms with van der Waals surface area (Å²) in [6.07, 6.45) is 3.64. The number of anilines is 1. The quantitative estimate of drug-likeness (QED) is 0.793. The lowest BCUT2D eigenvalue weighted by Gasteiger charge is -2.35. The van der Waals surface area contributed by atoms with Crippen LogP contribution in [0.15, 0.2) is 48.5 Å². The number of carbonyl (C=O) groups excluding carboxylic acids is 1. The summed E-state index contributed by atoms with van der Waals surface area (Å²) in [5.74, 6) is 0.101. The highest BCUT2D eigenvalue weighted by molar-refractivity contribution is 5.92. The van der Waals surface area contributed by atoms with Crippen molar-refractivity contribution in [1.29, 1.82) is 0 Å². The van der Waals surface area contributed by atoms with E-state index in [1.807, 2.05) is 11.0 Å². The highest BCUT2D eigenvalue weighted by Crippen LogP contribution is 2.18. The van der Waals surface area contributed by atoms with Gasteiger partial charge < -0.3 is 9.80 Å². The molecule has 0 unspecified atom stereocenters. The molecule has 1 aliphatic heterocycles. The van der Waals surface area contributed by atoms with Crippen LogP contribution in [0.1, 0.15) is 22.3 Å². The van der Waals surface area contributed by atoms with Gasteiger partial charge in [0.05, 0.1) is 0 Å². The molecule has 1 fully saturated rings. The summed E-state index contributed by atoms with van der Waals surface area (Å²) in [7, 11) is 0. The average Bonchev–Trinajstić information content (AvgIpc) is 2.61. The summed E-state index contributed by atoms with van der Waals surface area (Å²) in [5, 5.41) is 0. The van der Waals surface area contributed by atoms with Crippen molar-refractivity contribution >= 4 is 17.7 Å². The molecule has 0 bridgehead atoms. The lowest BCUT2D eigenvalue weighted by atomic mass is 10.1. The topological polar surface area (TPSA) is 23.6 Å². The lowest BCUT2D eigenvalue weighted by molar-refractivity contribution is -0.126. The summed E-state index contributed by atoms with van der Waals surface area (Å²) >= 11 is 0. The van der Waals surface area contributed by atoms with Gasteiger partial charge in [0.1, 0.15) is 0 Å². The Morgan fingerprint density at radius 2 is 1.64 bits per heavy atom. The molecule has 0 saturated carbocycles. The first kappa shape index (κ1) is 17.3. The smallest absolute Gasteiger partial charge is 0.246 e. The molecule has 3 nitrogen and oxygen atoms in total. The fourth-order valence-corrected chi connectivity index (χ4v) is 3.29. The third kappa shape index (κ3) is 4.30. The minimum Gasteiger partial charge on any atom is -0.368 e. The van der Waals surface area contributed by atoms with Gasteiger partial charge in [-0.1, -0.05) is 35.9 Å². The second-order valence-corrected chi connectivity index (χ2v) is 6.84. The third-order valence-electron chi connectivity index (χ3n) is 4.79. The van der Waals surface area contributed by atoms with Crippen LogP contribution in [0.3, 0.4) is 0 Å². The molecule has 2 aromatic carbocycles. The minimum absolute atomic E-state index is 0.101. The molecule has 0 atom stereocenters. The van der Waals surface area contributed by atoms with Gasteiger partial charge in [0.2, 0.25) is 5.91 Å². The van der Waals surface area contributed by atoms with E-state index in [1.54, 1.807) is 6.08 Å². The predicted molar refractivity (Wildman–Crippen MR) is 105 cm³/mol. The molecule has 3 heteroatoms. The Balaban J connectivity index is 1.59. The van der Waals surface area contributed by atoms with Crippen molar-refractivity contribution in [3.63, 3.8) is 0 Å². The second kappa shape index (κ2) is 7.56. The Hall–Kier alpha value is -2.55. The van der Waals surface area contributed by atoms with Crippen molar-refractivity contribution in [3.05, 3.63) is 70.8 Å². The van der Waals surface area contributed by atoms with Crippen molar-refractivity contribution in [2.75, 3.05) is 31.1 Å². The molecule has 0 aliphatic carbocycles. The first-order valence-electron chi connectivity index (χ1n) is 8.89. The van der Waals surface area contributed by atoms with Gasteiger partial charge in [0.15, 0.2) is 0 Å². The van der Waals surface area contributed by atoms with Crippen LogP contribution in [-0.2, 0) is 4.79 Å². The van der Waals surface area contributed by atoms with Gasteiger partial charge in [0.25, 0.3) is 0 Å². The van der Waals surface area contributed by atoms with Crippen LogP contribution in [0.5, 0.6) is 0 Å². The Morgan fingerprint density at radius 3 is 2.32 bits per heavy atom. The van der Waals surface area contributed by atoms with Crippen LogP contribution < -0.4 is 4.90 Å². The number of aryl methyl sites for hydroxylation is 3. The molecule has 25 heavy (non-hydrogen) atoms. The fraction of sp³-hybridized carbons (Fsp3) is 0.318. The molecular weight excluding hydrogens is 308 g/mol. The highest BCUT2D eigenvalue weighted by Gasteiger charge is 2.19. The molecule has 1 aliphatic rings. The molecule has 3 rings (SSSR count). The van der Waals surface area contributed by atoms with Gasteiger partial charge in [-0.2, -0.15) is 0 Å². The SMILES string of the molecule is Cc1cccc(N2CCN(C(=O)/C=C/c3ccc(C)cc3C)CC2)c1. The summed E-state index contributed by atoms with van der Waals surface area (Å²) < 4.78 is 0. The summed E-state index contributed by atoms with van der Waals surface area (Å²) in [6.45, 7) is 9.57. The number of rotatable bonds is 3. The number of amides is 1. The van der Waals surface area contributed by atoms with E-state index in [0.717, 1.165) is 31.7 Å². The molecule has 2 aromatic rings. The summed E-state index contributed by atoms with van der Waals surface area (Å²) in [6, 6.07) is 14.9. The number of carbonyl (C=O) groups is 1. The molecule has 0 aromatic heterocycles. The first-order valence-corrected chi connectivity index (χ1v) is 8.89. The van der Waals surface area contributed by atoms with Gasteiger partial charge >= 0.3 is 0 Å². The Kier molecular flexibility index (Phi) is 5.22. The Labute approximate surface area is 150 Å². The van der Waals surface area contributed by atoms with Crippen LogP contribution in [-0.4, -0.2) is 37.0 Å². The Bertz CT molecular complexity index is 786. The summed E-state index contributed by atoms with van der Waals surface area (Å²) in [4.78, 5) is 16.8. The number of hydrogen-bond donors (Lipinski definition) is 0. The zero-order valence-corrected chi connectivity index (χ0v) is 15.3. The number of nitrogens with zero attached hydrogens (tertiary/aromatic N) is 2. The molecule has 1 saturated heterocycles. The predicted octanol–water partition coefficient (Wildman–Crippen LogP) is 3.97. The number of hydrogen-bond acceptors (Lipinski definition) is 2. The van der Waals surface area contributed by atoms with Crippen molar-refractivity contribution in [3.8, 4) is 0 Å². The number of piperazine rings is 1. The standard InChI is InChI=1S/C22H26N2O/c1-17-5-4-6-21(16-17)23-11-13-24(14-12-23)22(25)10-9-20-8-7-18(2)15-19(20)3/h4-10,15-16H,11-14H2,1-3H3/b10-9+. The Morgan fingerprint density at radius 1 is 0.920 bits per heavy atom. The lowest BCUT2D eigenvalue weighted by Crippen LogP contribution is -2.48. The van der Waals surface area contributed by atoms with Crippen LogP contribution in [0.25, 0.3) is 6.08 Å². The molecule has 0 radical (unpaired) electrons. The van der Waals surface area contributed by atoms with E-state index >= 15 is 0 Å². The first-order chi connectivity index (χ1) is 12.0. The van der Waals surface area contributed by atoms with Crippen molar-refractivity contribution in [2.45, 2.75) is 20.8 Å². The van der Waals surface area contributed by atoms with E-state index < -0.39 is 0 Å². The molecule has 0 spiro atoms. The zero-order valence-electron chi connectivity index (χ0n) is 15.3. The van der Waals surface area contributed by atoms with Gasteiger partial charge in [-0.15, -0.1) is 0 Å². The maximum Gasteiger partial charge on any atom is 0.246 e. The van der Waals surface area contributed by atoms with Gasteiger partial charge in [-0.05, 0) is 55.7 Å². The van der Waals surface area contributed by atoms with Gasteiger partial charge in [-0.25, -0.2) is 0 Å². The normalized spacial score (nSPS) is 15.0. The summed E-state index contributed by atoms with van der Waals surface area (Å²) in [5.41, 5.74) is 6.07. The molecule has 130 valence electrons. The van der Waals surface area contributed by atoms with Crippen molar-refractivity contribution in [1.82, 2.24) is 4.90 Å². The largest absolute Gasteiger partial charge is 0.368 e. The van der Waals surface area contributed by atoms with E-state index in [4.69, 9.17) is 0 Å². The van der Waals surface area contributed by atoms with Crippen LogP contribution in [0.4, 0.5) is 5.69 Å². The van der Waals surface area contributed by atoms with E-state index in [1.165, 1.54) is 22.4 Å². The van der Waals surface area contributed by atoms with Crippen molar-refractivity contribution in [2.24, 2.45) is 0 Å². The van der Waals surface area contributed by atoms with E-state index in [9.17, 15) is 4.79 Å². The van der Waals surface area contributed by atoms with E-state index in [-0.39, 0.29) is 5.91 Å². The molecule has 0 N–H and O–H groups in total. The maximum absolute atomic E-state index is 12.5. The third-order valence-corrected chi connectivity index (χ3v) is 4.79. The molecular formula is C22H26N2O. The highest BCUT2D eigenvalue weighted by atomic mass is 16.2. The monoisotopic (exact) mass is 334 g/mol. The second-order valence-electron chi connectivity index (χ2n) is 6.84. The van der Waals surface area contributed by atoms with E-state index in [2.05, 4.69) is 68.1 Å². The fourth-order valence-electron chi connectivity index (χ4n) is 3.29. The number of benzene rings is 2. The zero-order chi connectivity index (χ0) is 17.8. The minimum atomic E-state index is 0.101. The molecule has 1 amide bonds. The van der Waals surface area contributed by atoms with Crippen LogP contribution >= 0.6 is 0 Å². The van der Waals surface area contributed by atoms with Gasteiger partial charge in [-0.3, -0.25) is 4.79 Å². The maximum atomic E-state index is 12.5. The van der Waals surface area contributed by atoms with Gasteiger partial charge in [0, 0.05) is 37.9 Å². The average molecular weight is 334 g/mol. The van der Waals surface area contributed by atoms with Crippen LogP contribution in [0, 0.1) is 20.8 Å². The van der Waals surface area contributed by atoms with E-state index in [0.29, 0.717) is 0 Å². The van der Waals surface area contributed by atoms with Crippen LogP contribution in [0.2, 0.25) is 0 Å². The van der Waals surface area contributed by atoms with Crippen molar-refractivity contribution < 1.29 is 4.79 Å².